The lowest BCUT2D eigenvalue weighted by atomic mass is 9.99. The van der Waals surface area contributed by atoms with Crippen LogP contribution in [0.3, 0.4) is 0 Å². The maximum atomic E-state index is 12.4. The molecule has 1 aliphatic carbocycles. The van der Waals surface area contributed by atoms with Crippen LogP contribution in [0.1, 0.15) is 55.9 Å². The average molecular weight is 380 g/mol. The highest BCUT2D eigenvalue weighted by Crippen LogP contribution is 2.24. The number of rotatable bonds is 5. The van der Waals surface area contributed by atoms with Gasteiger partial charge in [-0.05, 0) is 68.0 Å². The highest BCUT2D eigenvalue weighted by Gasteiger charge is 2.17. The summed E-state index contributed by atoms with van der Waals surface area (Å²) < 4.78 is 0. The van der Waals surface area contributed by atoms with Crippen LogP contribution in [0, 0.1) is 5.92 Å². The van der Waals surface area contributed by atoms with Gasteiger partial charge < -0.3 is 15.5 Å². The molecule has 2 fully saturated rings. The van der Waals surface area contributed by atoms with E-state index in [1.807, 2.05) is 18.2 Å². The predicted octanol–water partition coefficient (Wildman–Crippen LogP) is 4.32. The smallest absolute Gasteiger partial charge is 0.276 e. The SMILES string of the molecule is CC1CCN(c2ccc(NC(=O)c3ccc(NC4CCCC4)nn3)cc2)CC1. The molecule has 1 saturated heterocycles. The lowest BCUT2D eigenvalue weighted by Gasteiger charge is -2.32. The van der Waals surface area contributed by atoms with Gasteiger partial charge in [-0.3, -0.25) is 4.79 Å². The Hall–Kier alpha value is -2.63. The summed E-state index contributed by atoms with van der Waals surface area (Å²) in [6.45, 7) is 4.52. The van der Waals surface area contributed by atoms with Crippen molar-refractivity contribution < 1.29 is 4.79 Å². The Morgan fingerprint density at radius 1 is 0.964 bits per heavy atom. The van der Waals surface area contributed by atoms with Crippen LogP contribution in [-0.4, -0.2) is 35.2 Å². The molecule has 28 heavy (non-hydrogen) atoms. The molecular formula is C22H29N5O. The number of hydrogen-bond acceptors (Lipinski definition) is 5. The van der Waals surface area contributed by atoms with Crippen molar-refractivity contribution in [1.82, 2.24) is 10.2 Å². The van der Waals surface area contributed by atoms with Gasteiger partial charge in [0, 0.05) is 30.5 Å². The second-order valence-electron chi connectivity index (χ2n) is 8.10. The fourth-order valence-corrected chi connectivity index (χ4v) is 4.03. The Labute approximate surface area is 166 Å². The second-order valence-corrected chi connectivity index (χ2v) is 8.10. The number of anilines is 3. The molecule has 2 aromatic rings. The van der Waals surface area contributed by atoms with Crippen molar-refractivity contribution in [3.63, 3.8) is 0 Å². The van der Waals surface area contributed by atoms with E-state index in [0.717, 1.165) is 30.5 Å². The number of amides is 1. The van der Waals surface area contributed by atoms with Gasteiger partial charge in [-0.15, -0.1) is 10.2 Å². The van der Waals surface area contributed by atoms with Crippen LogP contribution in [0.25, 0.3) is 0 Å². The predicted molar refractivity (Wildman–Crippen MR) is 113 cm³/mol. The Bertz CT molecular complexity index is 776. The molecule has 0 atom stereocenters. The van der Waals surface area contributed by atoms with E-state index in [2.05, 4.69) is 44.8 Å². The molecule has 0 spiro atoms. The second kappa shape index (κ2) is 8.59. The Kier molecular flexibility index (Phi) is 5.74. The number of carbonyl (C=O) groups is 1. The molecule has 2 aliphatic rings. The zero-order valence-electron chi connectivity index (χ0n) is 16.5. The summed E-state index contributed by atoms with van der Waals surface area (Å²) in [4.78, 5) is 14.9. The highest BCUT2D eigenvalue weighted by atomic mass is 16.1. The van der Waals surface area contributed by atoms with Crippen molar-refractivity contribution in [2.45, 2.75) is 51.5 Å². The molecule has 1 amide bonds. The number of hydrogen-bond donors (Lipinski definition) is 2. The van der Waals surface area contributed by atoms with E-state index in [-0.39, 0.29) is 5.91 Å². The lowest BCUT2D eigenvalue weighted by Crippen LogP contribution is -2.32. The minimum atomic E-state index is -0.237. The van der Waals surface area contributed by atoms with E-state index in [1.54, 1.807) is 6.07 Å². The van der Waals surface area contributed by atoms with Crippen molar-refractivity contribution in [2.24, 2.45) is 5.92 Å². The fourth-order valence-electron chi connectivity index (χ4n) is 4.03. The molecule has 0 radical (unpaired) electrons. The lowest BCUT2D eigenvalue weighted by molar-refractivity contribution is 0.102. The summed E-state index contributed by atoms with van der Waals surface area (Å²) in [5.74, 6) is 1.32. The minimum absolute atomic E-state index is 0.237. The summed E-state index contributed by atoms with van der Waals surface area (Å²) in [6.07, 6.45) is 7.36. The Balaban J connectivity index is 1.32. The average Bonchev–Trinajstić information content (AvgIpc) is 3.23. The maximum absolute atomic E-state index is 12.4. The number of aromatic nitrogens is 2. The van der Waals surface area contributed by atoms with E-state index < -0.39 is 0 Å². The molecule has 1 aromatic heterocycles. The first kappa shape index (κ1) is 18.7. The highest BCUT2D eigenvalue weighted by molar-refractivity contribution is 6.02. The number of nitrogens with one attached hydrogen (secondary N) is 2. The first-order valence-electron chi connectivity index (χ1n) is 10.4. The largest absolute Gasteiger partial charge is 0.372 e. The summed E-state index contributed by atoms with van der Waals surface area (Å²) in [7, 11) is 0. The van der Waals surface area contributed by atoms with Gasteiger partial charge in [0.25, 0.3) is 5.91 Å². The molecule has 1 aromatic carbocycles. The van der Waals surface area contributed by atoms with Crippen LogP contribution in [0.4, 0.5) is 17.2 Å². The van der Waals surface area contributed by atoms with E-state index in [9.17, 15) is 4.79 Å². The third kappa shape index (κ3) is 4.61. The van der Waals surface area contributed by atoms with Gasteiger partial charge in [0.05, 0.1) is 0 Å². The molecule has 2 N–H and O–H groups in total. The zero-order chi connectivity index (χ0) is 19.3. The monoisotopic (exact) mass is 379 g/mol. The van der Waals surface area contributed by atoms with Crippen molar-refractivity contribution in [3.05, 3.63) is 42.1 Å². The Morgan fingerprint density at radius 3 is 2.32 bits per heavy atom. The van der Waals surface area contributed by atoms with E-state index in [0.29, 0.717) is 11.7 Å². The van der Waals surface area contributed by atoms with Gasteiger partial charge in [0.2, 0.25) is 0 Å². The van der Waals surface area contributed by atoms with Crippen molar-refractivity contribution in [2.75, 3.05) is 28.6 Å². The van der Waals surface area contributed by atoms with Crippen molar-refractivity contribution >= 4 is 23.1 Å². The van der Waals surface area contributed by atoms with Crippen LogP contribution in [0.5, 0.6) is 0 Å². The number of nitrogens with zero attached hydrogens (tertiary/aromatic N) is 3. The van der Waals surface area contributed by atoms with Crippen LogP contribution in [0.15, 0.2) is 36.4 Å². The van der Waals surface area contributed by atoms with Gasteiger partial charge in [-0.2, -0.15) is 0 Å². The maximum Gasteiger partial charge on any atom is 0.276 e. The van der Waals surface area contributed by atoms with Crippen molar-refractivity contribution in [3.8, 4) is 0 Å². The molecule has 0 bridgehead atoms. The molecule has 1 saturated carbocycles. The quantitative estimate of drug-likeness (QED) is 0.810. The van der Waals surface area contributed by atoms with Gasteiger partial charge in [-0.25, -0.2) is 0 Å². The topological polar surface area (TPSA) is 70.2 Å². The zero-order valence-corrected chi connectivity index (χ0v) is 16.5. The van der Waals surface area contributed by atoms with Gasteiger partial charge >= 0.3 is 0 Å². The number of benzene rings is 1. The first-order valence-corrected chi connectivity index (χ1v) is 10.4. The number of carbonyl (C=O) groups excluding carboxylic acids is 1. The van der Waals surface area contributed by atoms with E-state index in [1.165, 1.54) is 44.2 Å². The Morgan fingerprint density at radius 2 is 1.68 bits per heavy atom. The van der Waals surface area contributed by atoms with Gasteiger partial charge in [-0.1, -0.05) is 19.8 Å². The molecule has 4 rings (SSSR count). The number of piperidine rings is 1. The molecular weight excluding hydrogens is 350 g/mol. The third-order valence-electron chi connectivity index (χ3n) is 5.88. The van der Waals surface area contributed by atoms with Gasteiger partial charge in [0.1, 0.15) is 5.82 Å². The van der Waals surface area contributed by atoms with Crippen LogP contribution in [-0.2, 0) is 0 Å². The molecule has 0 unspecified atom stereocenters. The first-order chi connectivity index (χ1) is 13.7. The van der Waals surface area contributed by atoms with Crippen LogP contribution < -0.4 is 15.5 Å². The standard InChI is InChI=1S/C22H29N5O/c1-16-12-14-27(15-13-16)19-8-6-18(7-9-19)24-22(28)20-10-11-21(26-25-20)23-17-4-2-3-5-17/h6-11,16-17H,2-5,12-15H2,1H3,(H,23,26)(H,24,28). The van der Waals surface area contributed by atoms with Crippen molar-refractivity contribution in [1.29, 1.82) is 0 Å². The summed E-state index contributed by atoms with van der Waals surface area (Å²) in [6, 6.07) is 12.1. The molecule has 6 heteroatoms. The summed E-state index contributed by atoms with van der Waals surface area (Å²) in [5, 5.41) is 14.5. The molecule has 1 aliphatic heterocycles. The minimum Gasteiger partial charge on any atom is -0.372 e. The summed E-state index contributed by atoms with van der Waals surface area (Å²) >= 11 is 0. The van der Waals surface area contributed by atoms with Crippen LogP contribution in [0.2, 0.25) is 0 Å². The fraction of sp³-hybridized carbons (Fsp3) is 0.500. The summed E-state index contributed by atoms with van der Waals surface area (Å²) in [5.41, 5.74) is 2.31. The van der Waals surface area contributed by atoms with Crippen LogP contribution >= 0.6 is 0 Å². The van der Waals surface area contributed by atoms with E-state index >= 15 is 0 Å². The van der Waals surface area contributed by atoms with Gasteiger partial charge in [0.15, 0.2) is 5.69 Å². The molecule has 2 heterocycles. The molecule has 6 nitrogen and oxygen atoms in total. The van der Waals surface area contributed by atoms with E-state index in [4.69, 9.17) is 0 Å². The normalized spacial score (nSPS) is 18.2. The molecule has 148 valence electrons. The third-order valence-corrected chi connectivity index (χ3v) is 5.88.